The first-order valence-electron chi connectivity index (χ1n) is 25.3. The topological polar surface area (TPSA) is 224 Å². The first-order chi connectivity index (χ1) is 35.2. The Balaban J connectivity index is 0.000000109. The van der Waals surface area contributed by atoms with Gasteiger partial charge >= 0.3 is 0 Å². The fraction of sp³-hybridized carbons (Fsp3) is 0.760. The number of carbonyl (C=O) groups is 12. The molecule has 2 spiro atoms. The van der Waals surface area contributed by atoms with Crippen LogP contribution in [0.25, 0.3) is 0 Å². The van der Waals surface area contributed by atoms with E-state index >= 15 is 0 Å². The molecule has 8 saturated carbocycles. The lowest BCUT2D eigenvalue weighted by Crippen LogP contribution is -2.36. The minimum atomic E-state index is -2.72. The Hall–Kier alpha value is -3.76. The van der Waals surface area contributed by atoms with Crippen LogP contribution < -0.4 is 0 Å². The van der Waals surface area contributed by atoms with E-state index in [9.17, 15) is 66.3 Å². The van der Waals surface area contributed by atoms with Gasteiger partial charge in [0.2, 0.25) is 38.5 Å². The Kier molecular flexibility index (Phi) is 14.6. The normalized spacial score (nSPS) is 42.8. The summed E-state index contributed by atoms with van der Waals surface area (Å²) in [4.78, 5) is 136. The number of hydrogen-bond donors (Lipinski definition) is 0. The lowest BCUT2D eigenvalue weighted by Gasteiger charge is -2.24. The summed E-state index contributed by atoms with van der Waals surface area (Å²) in [6.45, 7) is 7.96. The van der Waals surface area contributed by atoms with E-state index in [2.05, 4.69) is 45.7 Å². The van der Waals surface area contributed by atoms with Crippen LogP contribution in [0.4, 0.5) is 8.78 Å². The Morgan fingerprint density at radius 1 is 0.392 bits per heavy atom. The number of halogens is 6. The van der Waals surface area contributed by atoms with Gasteiger partial charge < -0.3 is 58.2 Å². The molecule has 6 amide bonds. The van der Waals surface area contributed by atoms with Crippen molar-refractivity contribution in [3.05, 3.63) is 0 Å². The highest BCUT2D eigenvalue weighted by molar-refractivity contribution is 9.25. The molecule has 14 aliphatic rings. The van der Waals surface area contributed by atoms with Gasteiger partial charge in [0.05, 0.1) is 51.3 Å². The van der Waals surface area contributed by atoms with Crippen LogP contribution in [-0.2, 0) is 57.5 Å². The van der Waals surface area contributed by atoms with E-state index in [4.69, 9.17) is 23.2 Å². The van der Waals surface area contributed by atoms with E-state index in [1.807, 2.05) is 0 Å². The van der Waals surface area contributed by atoms with Crippen LogP contribution in [0.2, 0.25) is 0 Å². The maximum absolute atomic E-state index is 12.7. The molecule has 0 N–H and O–H groups in total. The van der Waals surface area contributed by atoms with Crippen molar-refractivity contribution < 1.29 is 66.3 Å². The number of amides is 6. The molecule has 0 radical (unpaired) electrons. The van der Waals surface area contributed by atoms with Crippen LogP contribution >= 0.6 is 55.1 Å². The molecule has 0 aromatic rings. The number of fused-ring (bicyclic) bond motifs is 10. The number of carbonyl (C=O) groups excluding carboxylic acids is 12. The van der Waals surface area contributed by atoms with E-state index in [-0.39, 0.29) is 57.1 Å². The van der Waals surface area contributed by atoms with Gasteiger partial charge in [0.1, 0.15) is 42.1 Å². The first kappa shape index (κ1) is 55.0. The van der Waals surface area contributed by atoms with Crippen LogP contribution in [0.1, 0.15) is 52.4 Å². The zero-order valence-electron chi connectivity index (χ0n) is 40.7. The number of alkyl halides is 6. The number of nitrogens with zero attached hydrogens (tertiary/aromatic N) is 6. The number of aldehydes is 6. The summed E-state index contributed by atoms with van der Waals surface area (Å²) < 4.78 is 24.5. The molecule has 0 unspecified atom stereocenters. The predicted molar refractivity (Wildman–Crippen MR) is 264 cm³/mol. The fourth-order valence-corrected chi connectivity index (χ4v) is 18.3. The summed E-state index contributed by atoms with van der Waals surface area (Å²) in [6.07, 6.45) is 17.0. The standard InChI is InChI=1S/C11H15NO2.C9H11NO2.C9H13NO2.C7H7Br2NO2.C7H7Cl2NO2.C7H7F2NO2/c13-6-9-10-8(5-12(9)7-14)11(10)3-1-2-4-11;11-4-7-8-6(3-10(7)5-12)9(8)1-2-9;1-9(2)6-3-10(5-12)7(4-11)8(6)9;3*8-7(9)4-1-10(3-12)5(2-11)6(4)7/h6-10H,1-5H2;4-8H,1-3H2;4-8H,3H2,1-2H3;3*2-6H,1H2/t8-,9+,10-;2*6-,7+,8-;3*4-,5+,6-/m000000/s1. The van der Waals surface area contributed by atoms with E-state index in [1.165, 1.54) is 43.4 Å². The molecule has 18 atom stereocenters. The zero-order valence-corrected chi connectivity index (χ0v) is 45.3. The molecule has 24 heteroatoms. The minimum Gasteiger partial charge on any atom is -0.335 e. The summed E-state index contributed by atoms with van der Waals surface area (Å²) in [6, 6.07) is -1.90. The molecule has 18 nitrogen and oxygen atoms in total. The van der Waals surface area contributed by atoms with Gasteiger partial charge in [-0.15, -0.1) is 23.2 Å². The molecule has 0 aromatic heterocycles. The Labute approximate surface area is 453 Å². The van der Waals surface area contributed by atoms with Gasteiger partial charge in [0.15, 0.2) is 0 Å². The second-order valence-corrected chi connectivity index (χ2v) is 28.5. The maximum Gasteiger partial charge on any atom is 0.258 e. The molecule has 6 saturated heterocycles. The molecular formula is C50H60Br2Cl2F2N6O12. The third-order valence-electron chi connectivity index (χ3n) is 20.3. The van der Waals surface area contributed by atoms with Gasteiger partial charge in [-0.2, -0.15) is 0 Å². The van der Waals surface area contributed by atoms with Crippen molar-refractivity contribution >= 4 is 131 Å². The monoisotopic (exact) mass is 1200 g/mol. The average molecular weight is 1210 g/mol. The summed E-state index contributed by atoms with van der Waals surface area (Å²) >= 11 is 18.7. The molecule has 8 aliphatic carbocycles. The third-order valence-corrected chi connectivity index (χ3v) is 23.6. The van der Waals surface area contributed by atoms with Crippen molar-refractivity contribution in [1.29, 1.82) is 0 Å². The summed E-state index contributed by atoms with van der Waals surface area (Å²) in [7, 11) is 0. The van der Waals surface area contributed by atoms with E-state index < -0.39 is 34.2 Å². The quantitative estimate of drug-likeness (QED) is 0.203. The average Bonchev–Trinajstić information content (AvgIpc) is 4.31. The van der Waals surface area contributed by atoms with Crippen LogP contribution in [0.3, 0.4) is 0 Å². The largest absolute Gasteiger partial charge is 0.335 e. The Morgan fingerprint density at radius 3 is 1.09 bits per heavy atom. The van der Waals surface area contributed by atoms with Gasteiger partial charge in [-0.05, 0) is 77.4 Å². The van der Waals surface area contributed by atoms with Gasteiger partial charge in [-0.1, -0.05) is 58.5 Å². The summed E-state index contributed by atoms with van der Waals surface area (Å²) in [5, 5.41) is 0. The Bertz CT molecular complexity index is 2060. The second kappa shape index (κ2) is 19.6. The van der Waals surface area contributed by atoms with Gasteiger partial charge in [-0.3, -0.25) is 28.8 Å². The lowest BCUT2D eigenvalue weighted by atomic mass is 9.95. The van der Waals surface area contributed by atoms with Crippen molar-refractivity contribution in [3.8, 4) is 0 Å². The highest BCUT2D eigenvalue weighted by Gasteiger charge is 2.78. The molecule has 6 aliphatic heterocycles. The smallest absolute Gasteiger partial charge is 0.258 e. The number of likely N-dealkylation sites (tertiary alicyclic amines) is 6. The third kappa shape index (κ3) is 8.52. The molecule has 74 heavy (non-hydrogen) atoms. The van der Waals surface area contributed by atoms with Crippen molar-refractivity contribution in [1.82, 2.24) is 29.4 Å². The van der Waals surface area contributed by atoms with Crippen molar-refractivity contribution in [2.45, 2.75) is 102 Å². The SMILES string of the molecule is CC1(C)[C@@H]2[C@@H](C=O)N(C=O)C[C@@H]21.O=C[C@@H]1[C@@H]2[C@H](CN1C=O)C2(Br)Br.O=C[C@@H]1[C@@H]2[C@H](CN1C=O)C2(Cl)Cl.O=C[C@@H]1[C@@H]2[C@H](CN1C=O)C2(F)F.O=C[C@@H]1[C@@H]2[C@H](CN1C=O)C21CC1.O=C[C@@H]1[C@@H]2[C@H](CN1C=O)C21CCCC1. The molecule has 6 heterocycles. The minimum absolute atomic E-state index is 0.0184. The van der Waals surface area contributed by atoms with Gasteiger partial charge in [0.25, 0.3) is 5.92 Å². The van der Waals surface area contributed by atoms with E-state index in [0.717, 1.165) is 81.6 Å². The highest BCUT2D eigenvalue weighted by Crippen LogP contribution is 2.78. The summed E-state index contributed by atoms with van der Waals surface area (Å²) in [5.41, 5.74) is 1.29. The fourth-order valence-electron chi connectivity index (χ4n) is 15.7. The first-order valence-corrected chi connectivity index (χ1v) is 27.6. The summed E-state index contributed by atoms with van der Waals surface area (Å²) in [5.74, 6) is -0.430. The van der Waals surface area contributed by atoms with Crippen LogP contribution in [0.5, 0.6) is 0 Å². The molecular weight excluding hydrogens is 1150 g/mol. The molecule has 0 bridgehead atoms. The van der Waals surface area contributed by atoms with E-state index in [1.54, 1.807) is 19.6 Å². The van der Waals surface area contributed by atoms with Crippen molar-refractivity contribution in [2.24, 2.45) is 87.3 Å². The Morgan fingerprint density at radius 2 is 0.703 bits per heavy atom. The van der Waals surface area contributed by atoms with Crippen molar-refractivity contribution in [3.63, 3.8) is 0 Å². The number of hydrogen-bond acceptors (Lipinski definition) is 12. The van der Waals surface area contributed by atoms with Crippen LogP contribution in [0.15, 0.2) is 0 Å². The van der Waals surface area contributed by atoms with Gasteiger partial charge in [0, 0.05) is 62.9 Å². The maximum atomic E-state index is 12.7. The van der Waals surface area contributed by atoms with Gasteiger partial charge in [-0.25, -0.2) is 8.78 Å². The zero-order chi connectivity index (χ0) is 53.8. The predicted octanol–water partition coefficient (Wildman–Crippen LogP) is 2.29. The molecule has 0 aromatic carbocycles. The lowest BCUT2D eigenvalue weighted by molar-refractivity contribution is -0.126. The number of piperidine rings is 6. The molecule has 14 fully saturated rings. The number of rotatable bonds is 12. The van der Waals surface area contributed by atoms with Crippen LogP contribution in [0, 0.1) is 87.3 Å². The molecule has 404 valence electrons. The van der Waals surface area contributed by atoms with Crippen LogP contribution in [-0.4, -0.2) is 195 Å². The molecule has 14 rings (SSSR count). The highest BCUT2D eigenvalue weighted by atomic mass is 79.9. The van der Waals surface area contributed by atoms with Crippen molar-refractivity contribution in [2.75, 3.05) is 39.3 Å². The van der Waals surface area contributed by atoms with E-state index in [0.29, 0.717) is 84.5 Å². The second-order valence-electron chi connectivity index (χ2n) is 23.4.